The maximum Gasteiger partial charge on any atom is 0.0479 e. The minimum atomic E-state index is 0.268. The number of hydrogen-bond donors (Lipinski definition) is 2. The van der Waals surface area contributed by atoms with Crippen LogP contribution in [0.15, 0.2) is 30.5 Å². The van der Waals surface area contributed by atoms with Crippen LogP contribution in [0.1, 0.15) is 19.8 Å². The summed E-state index contributed by atoms with van der Waals surface area (Å²) in [5, 5.41) is 13.5. The molecule has 1 aromatic heterocycles. The minimum absolute atomic E-state index is 0.268. The average Bonchev–Trinajstić information content (AvgIpc) is 2.68. The van der Waals surface area contributed by atoms with Crippen molar-refractivity contribution in [2.75, 3.05) is 11.9 Å². The van der Waals surface area contributed by atoms with E-state index in [0.29, 0.717) is 6.04 Å². The normalized spacial score (nSPS) is 12.9. The molecule has 2 N–H and O–H groups in total. The SMILES string of the molecule is CC(CCCO)Nc1ccc2c(ccn2C)c1. The molecule has 0 aliphatic rings. The fourth-order valence-electron chi connectivity index (χ4n) is 2.13. The summed E-state index contributed by atoms with van der Waals surface area (Å²) in [6.07, 6.45) is 3.91. The average molecular weight is 232 g/mol. The van der Waals surface area contributed by atoms with Gasteiger partial charge in [0.05, 0.1) is 0 Å². The molecule has 0 aliphatic carbocycles. The predicted octanol–water partition coefficient (Wildman–Crippen LogP) is 2.75. The molecule has 1 unspecified atom stereocenters. The first-order valence-electron chi connectivity index (χ1n) is 6.13. The predicted molar refractivity (Wildman–Crippen MR) is 72.3 cm³/mol. The molecule has 0 radical (unpaired) electrons. The van der Waals surface area contributed by atoms with Gasteiger partial charge in [-0.25, -0.2) is 0 Å². The highest BCUT2D eigenvalue weighted by atomic mass is 16.2. The third-order valence-electron chi connectivity index (χ3n) is 3.09. The van der Waals surface area contributed by atoms with Crippen molar-refractivity contribution in [2.45, 2.75) is 25.8 Å². The van der Waals surface area contributed by atoms with Crippen molar-refractivity contribution >= 4 is 16.6 Å². The molecule has 2 rings (SSSR count). The zero-order valence-corrected chi connectivity index (χ0v) is 10.5. The summed E-state index contributed by atoms with van der Waals surface area (Å²) in [5.74, 6) is 0. The van der Waals surface area contributed by atoms with Gasteiger partial charge in [-0.1, -0.05) is 0 Å². The summed E-state index contributed by atoms with van der Waals surface area (Å²) < 4.78 is 2.12. The van der Waals surface area contributed by atoms with E-state index < -0.39 is 0 Å². The monoisotopic (exact) mass is 232 g/mol. The summed E-state index contributed by atoms with van der Waals surface area (Å²) in [7, 11) is 2.05. The molecule has 1 heterocycles. The second kappa shape index (κ2) is 5.23. The summed E-state index contributed by atoms with van der Waals surface area (Å²) in [6, 6.07) is 8.93. The molecule has 3 heteroatoms. The van der Waals surface area contributed by atoms with Crippen LogP contribution < -0.4 is 5.32 Å². The van der Waals surface area contributed by atoms with Gasteiger partial charge in [0.1, 0.15) is 0 Å². The second-order valence-electron chi connectivity index (χ2n) is 4.61. The van der Waals surface area contributed by atoms with Crippen LogP contribution in [-0.4, -0.2) is 22.3 Å². The highest BCUT2D eigenvalue weighted by molar-refractivity contribution is 5.83. The lowest BCUT2D eigenvalue weighted by Gasteiger charge is -2.14. The molecule has 92 valence electrons. The Balaban J connectivity index is 2.08. The lowest BCUT2D eigenvalue weighted by molar-refractivity contribution is 0.282. The maximum atomic E-state index is 8.79. The van der Waals surface area contributed by atoms with Crippen LogP contribution in [-0.2, 0) is 7.05 Å². The van der Waals surface area contributed by atoms with E-state index in [1.54, 1.807) is 0 Å². The molecule has 0 bridgehead atoms. The molecule has 0 fully saturated rings. The van der Waals surface area contributed by atoms with Gasteiger partial charge in [0.15, 0.2) is 0 Å². The molecular formula is C14H20N2O. The smallest absolute Gasteiger partial charge is 0.0479 e. The summed E-state index contributed by atoms with van der Waals surface area (Å²) >= 11 is 0. The van der Waals surface area contributed by atoms with Crippen molar-refractivity contribution in [1.29, 1.82) is 0 Å². The summed E-state index contributed by atoms with van der Waals surface area (Å²) in [6.45, 7) is 2.41. The maximum absolute atomic E-state index is 8.79. The van der Waals surface area contributed by atoms with Gasteiger partial charge in [-0.15, -0.1) is 0 Å². The van der Waals surface area contributed by atoms with E-state index in [0.717, 1.165) is 18.5 Å². The Labute approximate surface area is 102 Å². The third-order valence-corrected chi connectivity index (χ3v) is 3.09. The molecule has 2 aromatic rings. The van der Waals surface area contributed by atoms with Crippen LogP contribution in [0, 0.1) is 0 Å². The molecule has 0 saturated heterocycles. The van der Waals surface area contributed by atoms with Gasteiger partial charge >= 0.3 is 0 Å². The number of fused-ring (bicyclic) bond motifs is 1. The quantitative estimate of drug-likeness (QED) is 0.831. The molecule has 0 saturated carbocycles. The van der Waals surface area contributed by atoms with Crippen LogP contribution >= 0.6 is 0 Å². The van der Waals surface area contributed by atoms with Crippen molar-refractivity contribution in [1.82, 2.24) is 4.57 Å². The largest absolute Gasteiger partial charge is 0.396 e. The number of aryl methyl sites for hydroxylation is 1. The summed E-state index contributed by atoms with van der Waals surface area (Å²) in [4.78, 5) is 0. The van der Waals surface area contributed by atoms with Crippen LogP contribution in [0.25, 0.3) is 10.9 Å². The first-order chi connectivity index (χ1) is 8.20. The lowest BCUT2D eigenvalue weighted by Crippen LogP contribution is -2.15. The van der Waals surface area contributed by atoms with E-state index in [9.17, 15) is 0 Å². The van der Waals surface area contributed by atoms with E-state index >= 15 is 0 Å². The van der Waals surface area contributed by atoms with E-state index in [1.165, 1.54) is 10.9 Å². The van der Waals surface area contributed by atoms with Crippen LogP contribution in [0.2, 0.25) is 0 Å². The number of aromatic nitrogens is 1. The highest BCUT2D eigenvalue weighted by Crippen LogP contribution is 2.20. The number of hydrogen-bond acceptors (Lipinski definition) is 2. The molecular weight excluding hydrogens is 212 g/mol. The van der Waals surface area contributed by atoms with E-state index in [4.69, 9.17) is 5.11 Å². The zero-order chi connectivity index (χ0) is 12.3. The molecule has 17 heavy (non-hydrogen) atoms. The summed E-state index contributed by atoms with van der Waals surface area (Å²) in [5.41, 5.74) is 2.40. The topological polar surface area (TPSA) is 37.2 Å². The van der Waals surface area contributed by atoms with Crippen LogP contribution in [0.4, 0.5) is 5.69 Å². The van der Waals surface area contributed by atoms with E-state index in [-0.39, 0.29) is 6.61 Å². The van der Waals surface area contributed by atoms with Gasteiger partial charge in [0.2, 0.25) is 0 Å². The number of aliphatic hydroxyl groups is 1. The van der Waals surface area contributed by atoms with Crippen molar-refractivity contribution in [2.24, 2.45) is 7.05 Å². The number of rotatable bonds is 5. The Kier molecular flexibility index (Phi) is 3.69. The first-order valence-corrected chi connectivity index (χ1v) is 6.13. The van der Waals surface area contributed by atoms with Crippen molar-refractivity contribution in [3.8, 4) is 0 Å². The standard InChI is InChI=1S/C14H20N2O/c1-11(4-3-9-17)15-13-5-6-14-12(10-13)7-8-16(14)2/h5-8,10-11,15,17H,3-4,9H2,1-2H3. The fraction of sp³-hybridized carbons (Fsp3) is 0.429. The molecule has 3 nitrogen and oxygen atoms in total. The molecule has 0 spiro atoms. The van der Waals surface area contributed by atoms with Crippen LogP contribution in [0.3, 0.4) is 0 Å². The Morgan fingerprint density at radius 2 is 2.18 bits per heavy atom. The van der Waals surface area contributed by atoms with Gasteiger partial charge in [-0.3, -0.25) is 0 Å². The van der Waals surface area contributed by atoms with Crippen molar-refractivity contribution < 1.29 is 5.11 Å². The Morgan fingerprint density at radius 3 is 2.94 bits per heavy atom. The van der Waals surface area contributed by atoms with Gasteiger partial charge in [0, 0.05) is 42.5 Å². The Bertz CT molecular complexity index is 490. The Morgan fingerprint density at radius 1 is 1.35 bits per heavy atom. The third kappa shape index (κ3) is 2.80. The number of benzene rings is 1. The van der Waals surface area contributed by atoms with Gasteiger partial charge in [-0.05, 0) is 44.0 Å². The van der Waals surface area contributed by atoms with Gasteiger partial charge in [-0.2, -0.15) is 0 Å². The van der Waals surface area contributed by atoms with E-state index in [2.05, 4.69) is 54.3 Å². The van der Waals surface area contributed by atoms with Crippen molar-refractivity contribution in [3.05, 3.63) is 30.5 Å². The number of nitrogens with one attached hydrogen (secondary N) is 1. The molecule has 0 aliphatic heterocycles. The second-order valence-corrected chi connectivity index (χ2v) is 4.61. The molecule has 0 amide bonds. The van der Waals surface area contributed by atoms with Gasteiger partial charge in [0.25, 0.3) is 0 Å². The first kappa shape index (κ1) is 12.0. The number of nitrogens with zero attached hydrogens (tertiary/aromatic N) is 1. The zero-order valence-electron chi connectivity index (χ0n) is 10.5. The Hall–Kier alpha value is -1.48. The number of aliphatic hydroxyl groups excluding tert-OH is 1. The van der Waals surface area contributed by atoms with Gasteiger partial charge < -0.3 is 15.0 Å². The molecule has 1 atom stereocenters. The van der Waals surface area contributed by atoms with Crippen molar-refractivity contribution in [3.63, 3.8) is 0 Å². The molecule has 1 aromatic carbocycles. The minimum Gasteiger partial charge on any atom is -0.396 e. The van der Waals surface area contributed by atoms with Crippen LogP contribution in [0.5, 0.6) is 0 Å². The highest BCUT2D eigenvalue weighted by Gasteiger charge is 2.03. The lowest BCUT2D eigenvalue weighted by atomic mass is 10.1. The number of anilines is 1. The van der Waals surface area contributed by atoms with E-state index in [1.807, 2.05) is 0 Å². The fourth-order valence-corrected chi connectivity index (χ4v) is 2.13.